The first-order valence-corrected chi connectivity index (χ1v) is 21.4. The van der Waals surface area contributed by atoms with Crippen molar-refractivity contribution in [2.75, 3.05) is 25.5 Å². The molecule has 5 aromatic carbocycles. The van der Waals surface area contributed by atoms with E-state index in [-0.39, 0.29) is 13.2 Å². The van der Waals surface area contributed by atoms with E-state index in [9.17, 15) is 9.90 Å². The Bertz CT molecular complexity index is 2830. The number of fused-ring (bicyclic) bond motifs is 7. The number of aliphatic hydroxyl groups is 1. The van der Waals surface area contributed by atoms with Crippen LogP contribution in [0.3, 0.4) is 0 Å². The highest BCUT2D eigenvalue weighted by atomic mass is 16.6. The van der Waals surface area contributed by atoms with E-state index in [1.165, 1.54) is 0 Å². The highest BCUT2D eigenvalue weighted by Gasteiger charge is 2.42. The third kappa shape index (κ3) is 8.35. The quantitative estimate of drug-likeness (QED) is 0.151. The smallest absolute Gasteiger partial charge is 0.410 e. The molecule has 0 fully saturated rings. The van der Waals surface area contributed by atoms with Gasteiger partial charge in [0.2, 0.25) is 0 Å². The molecule has 12 heteroatoms. The number of ether oxygens (including phenoxy) is 2. The molecule has 12 nitrogen and oxygen atoms in total. The average Bonchev–Trinajstić information content (AvgIpc) is 3.95. The standard InChI is InChI=1S/C52H50N8O4/c1-51(2,3)64-50(62)59-27-26-45(38-32-54-58(34-38)33-37-17-15-25-44(30-37)63-43-24-14-16-36(29-43)28-42(59)35-61)46-31-47(53-4)55-49-48(46)56-57-60(49)52(39-18-8-5-9-19-39,40-20-10-6-11-21-40)41-22-12-7-13-23-41/h5-26,29-32,34,42,61H,27-28,33,35H2,1-4H3,(H,53,55)/b45-26+/t42-/m0/s1. The lowest BCUT2D eigenvalue weighted by atomic mass is 9.77. The van der Waals surface area contributed by atoms with Crippen LogP contribution in [0.25, 0.3) is 16.7 Å². The van der Waals surface area contributed by atoms with Gasteiger partial charge in [0.05, 0.1) is 25.4 Å². The van der Waals surface area contributed by atoms with Crippen LogP contribution in [0.1, 0.15) is 59.7 Å². The molecule has 0 spiro atoms. The normalized spacial score (nSPS) is 15.4. The van der Waals surface area contributed by atoms with Gasteiger partial charge in [0, 0.05) is 30.9 Å². The van der Waals surface area contributed by atoms with Crippen LogP contribution < -0.4 is 10.1 Å². The average molecular weight is 851 g/mol. The summed E-state index contributed by atoms with van der Waals surface area (Å²) >= 11 is 0. The molecule has 322 valence electrons. The summed E-state index contributed by atoms with van der Waals surface area (Å²) in [4.78, 5) is 21.1. The molecule has 3 aromatic heterocycles. The van der Waals surface area contributed by atoms with Crippen LogP contribution in [0, 0.1) is 0 Å². The van der Waals surface area contributed by atoms with Gasteiger partial charge in [-0.2, -0.15) is 5.10 Å². The Balaban J connectivity index is 1.28. The first-order valence-electron chi connectivity index (χ1n) is 21.4. The number of hydrogen-bond donors (Lipinski definition) is 2. The first kappa shape index (κ1) is 41.8. The van der Waals surface area contributed by atoms with E-state index in [0.29, 0.717) is 47.0 Å². The zero-order chi connectivity index (χ0) is 44.3. The Morgan fingerprint density at radius 3 is 2.02 bits per heavy atom. The molecule has 1 aliphatic heterocycles. The summed E-state index contributed by atoms with van der Waals surface area (Å²) in [6.07, 6.45) is 5.57. The summed E-state index contributed by atoms with van der Waals surface area (Å²) in [5, 5.41) is 29.2. The molecule has 2 N–H and O–H groups in total. The van der Waals surface area contributed by atoms with Gasteiger partial charge in [0.25, 0.3) is 0 Å². The number of benzene rings is 5. The number of hydrogen-bond acceptors (Lipinski definition) is 9. The van der Waals surface area contributed by atoms with Crippen LogP contribution in [0.2, 0.25) is 0 Å². The number of carbonyl (C=O) groups excluding carboxylic acids is 1. The van der Waals surface area contributed by atoms with E-state index in [1.807, 2.05) is 165 Å². The van der Waals surface area contributed by atoms with Gasteiger partial charge < -0.3 is 19.9 Å². The maximum atomic E-state index is 14.3. The highest BCUT2D eigenvalue weighted by molar-refractivity contribution is 5.94. The lowest BCUT2D eigenvalue weighted by molar-refractivity contribution is 0.0124. The van der Waals surface area contributed by atoms with E-state index in [1.54, 1.807) is 4.90 Å². The van der Waals surface area contributed by atoms with Gasteiger partial charge in [-0.1, -0.05) is 127 Å². The summed E-state index contributed by atoms with van der Waals surface area (Å²) in [7, 11) is 1.84. The van der Waals surface area contributed by atoms with Gasteiger partial charge in [-0.15, -0.1) is 5.10 Å². The fourth-order valence-electron chi connectivity index (χ4n) is 8.53. The zero-order valence-corrected chi connectivity index (χ0v) is 36.3. The van der Waals surface area contributed by atoms with Crippen molar-refractivity contribution < 1.29 is 19.4 Å². The molecule has 1 amide bonds. The minimum atomic E-state index is -0.995. The van der Waals surface area contributed by atoms with Crippen LogP contribution in [-0.4, -0.2) is 77.7 Å². The zero-order valence-electron chi connectivity index (χ0n) is 36.3. The number of nitrogens with one attached hydrogen (secondary N) is 1. The predicted octanol–water partition coefficient (Wildman–Crippen LogP) is 9.33. The van der Waals surface area contributed by atoms with Crippen LogP contribution in [0.4, 0.5) is 10.6 Å². The van der Waals surface area contributed by atoms with E-state index >= 15 is 0 Å². The molecule has 0 saturated carbocycles. The number of pyridine rings is 1. The number of aromatic nitrogens is 6. The molecule has 1 atom stereocenters. The molecule has 4 heterocycles. The third-order valence-corrected chi connectivity index (χ3v) is 11.4. The minimum absolute atomic E-state index is 0.0758. The SMILES string of the molecule is CNc1cc(/C2=C/CN(C(=O)OC(C)(C)C)[C@H](CO)Cc3cccc(c3)Oc3cccc(c3)Cn3cc2cn3)c2nnn(C(c3ccccc3)(c3ccccc3)c3ccccc3)c2n1. The van der Waals surface area contributed by atoms with E-state index < -0.39 is 23.3 Å². The number of rotatable bonds is 7. The van der Waals surface area contributed by atoms with E-state index in [0.717, 1.165) is 39.0 Å². The maximum Gasteiger partial charge on any atom is 0.410 e. The lowest BCUT2D eigenvalue weighted by Crippen LogP contribution is -2.46. The fourth-order valence-corrected chi connectivity index (χ4v) is 8.53. The summed E-state index contributed by atoms with van der Waals surface area (Å²) in [5.41, 5.74) is 6.33. The molecule has 0 radical (unpaired) electrons. The van der Waals surface area contributed by atoms with E-state index in [4.69, 9.17) is 29.9 Å². The number of amides is 1. The monoisotopic (exact) mass is 850 g/mol. The Hall–Kier alpha value is -7.57. The van der Waals surface area contributed by atoms with Gasteiger partial charge in [-0.3, -0.25) is 9.58 Å². The number of anilines is 1. The van der Waals surface area contributed by atoms with Crippen molar-refractivity contribution in [3.05, 3.63) is 203 Å². The van der Waals surface area contributed by atoms with Gasteiger partial charge in [-0.25, -0.2) is 14.5 Å². The van der Waals surface area contributed by atoms with Crippen LogP contribution in [0.5, 0.6) is 11.5 Å². The van der Waals surface area contributed by atoms with E-state index in [2.05, 4.69) is 41.7 Å². The van der Waals surface area contributed by atoms with Crippen molar-refractivity contribution in [3.8, 4) is 11.5 Å². The second kappa shape index (κ2) is 17.7. The number of aliphatic hydroxyl groups excluding tert-OH is 1. The largest absolute Gasteiger partial charge is 0.457 e. The topological polar surface area (TPSA) is 132 Å². The molecule has 8 aromatic rings. The number of carbonyl (C=O) groups is 1. The highest BCUT2D eigenvalue weighted by Crippen LogP contribution is 2.43. The molecule has 9 rings (SSSR count). The van der Waals surface area contributed by atoms with Gasteiger partial charge in [-0.05, 0) is 90.9 Å². The van der Waals surface area contributed by atoms with Crippen molar-refractivity contribution in [2.24, 2.45) is 0 Å². The predicted molar refractivity (Wildman–Crippen MR) is 248 cm³/mol. The van der Waals surface area contributed by atoms with Gasteiger partial charge >= 0.3 is 6.09 Å². The van der Waals surface area contributed by atoms with Crippen molar-refractivity contribution in [1.82, 2.24) is 34.7 Å². The summed E-state index contributed by atoms with van der Waals surface area (Å²) < 4.78 is 16.2. The Kier molecular flexibility index (Phi) is 11.5. The molecule has 0 aliphatic carbocycles. The van der Waals surface area contributed by atoms with Crippen LogP contribution in [-0.2, 0) is 23.2 Å². The Morgan fingerprint density at radius 1 is 0.812 bits per heavy atom. The second-order valence-corrected chi connectivity index (χ2v) is 16.9. The van der Waals surface area contributed by atoms with Crippen LogP contribution in [0.15, 0.2) is 164 Å². The first-order chi connectivity index (χ1) is 31.1. The Morgan fingerprint density at radius 2 is 1.42 bits per heavy atom. The molecule has 64 heavy (non-hydrogen) atoms. The van der Waals surface area contributed by atoms with Gasteiger partial charge in [0.1, 0.15) is 34.0 Å². The molecular weight excluding hydrogens is 801 g/mol. The fraction of sp³-hybridized carbons (Fsp3) is 0.212. The minimum Gasteiger partial charge on any atom is -0.457 e. The summed E-state index contributed by atoms with van der Waals surface area (Å²) in [5.74, 6) is 1.91. The Labute approximate surface area is 372 Å². The maximum absolute atomic E-state index is 14.3. The van der Waals surface area contributed by atoms with Crippen molar-refractivity contribution in [1.29, 1.82) is 0 Å². The molecule has 6 bridgehead atoms. The molecule has 0 unspecified atom stereocenters. The molecule has 1 aliphatic rings. The lowest BCUT2D eigenvalue weighted by Gasteiger charge is -2.36. The summed E-state index contributed by atoms with van der Waals surface area (Å²) in [6.45, 7) is 5.73. The van der Waals surface area contributed by atoms with Gasteiger partial charge in [0.15, 0.2) is 5.65 Å². The summed E-state index contributed by atoms with van der Waals surface area (Å²) in [6, 6.07) is 47.8. The van der Waals surface area contributed by atoms with Crippen molar-refractivity contribution in [3.63, 3.8) is 0 Å². The van der Waals surface area contributed by atoms with Crippen LogP contribution >= 0.6 is 0 Å². The van der Waals surface area contributed by atoms with Crippen molar-refractivity contribution >= 4 is 28.6 Å². The van der Waals surface area contributed by atoms with Crippen molar-refractivity contribution in [2.45, 2.75) is 50.9 Å². The third-order valence-electron chi connectivity index (χ3n) is 11.4. The molecular formula is C52H50N8O4. The molecule has 0 saturated heterocycles. The second-order valence-electron chi connectivity index (χ2n) is 16.9. The number of nitrogens with zero attached hydrogens (tertiary/aromatic N) is 7.